The number of amides is 1. The van der Waals surface area contributed by atoms with Gasteiger partial charge in [0.1, 0.15) is 5.54 Å². The van der Waals surface area contributed by atoms with Gasteiger partial charge in [-0.2, -0.15) is 5.10 Å². The minimum Gasteiger partial charge on any atom is -0.378 e. The molecule has 7 heteroatoms. The SMILES string of the molecule is Cl.O=C(N1CCC(OCCc2ccccc2)CC1)C1(n2cccn2)CCNCC1. The molecule has 1 aromatic carbocycles. The van der Waals surface area contributed by atoms with Gasteiger partial charge < -0.3 is 15.0 Å². The normalized spacial score (nSPS) is 19.5. The van der Waals surface area contributed by atoms with Crippen molar-refractivity contribution in [1.29, 1.82) is 0 Å². The molecule has 2 saturated heterocycles. The summed E-state index contributed by atoms with van der Waals surface area (Å²) in [6, 6.07) is 12.3. The molecule has 1 amide bonds. The molecular weight excluding hydrogens is 388 g/mol. The summed E-state index contributed by atoms with van der Waals surface area (Å²) < 4.78 is 7.98. The highest BCUT2D eigenvalue weighted by Crippen LogP contribution is 2.31. The summed E-state index contributed by atoms with van der Waals surface area (Å²) in [5.41, 5.74) is 0.776. The Hall–Kier alpha value is -1.89. The van der Waals surface area contributed by atoms with Gasteiger partial charge in [0.25, 0.3) is 5.91 Å². The predicted molar refractivity (Wildman–Crippen MR) is 115 cm³/mol. The third kappa shape index (κ3) is 5.00. The molecule has 3 heterocycles. The van der Waals surface area contributed by atoms with Gasteiger partial charge in [0.05, 0.1) is 12.7 Å². The molecule has 0 spiro atoms. The Labute approximate surface area is 179 Å². The fraction of sp³-hybridized carbons (Fsp3) is 0.545. The van der Waals surface area contributed by atoms with E-state index < -0.39 is 5.54 Å². The van der Waals surface area contributed by atoms with Crippen LogP contribution in [0, 0.1) is 0 Å². The van der Waals surface area contributed by atoms with E-state index in [9.17, 15) is 4.79 Å². The quantitative estimate of drug-likeness (QED) is 0.783. The van der Waals surface area contributed by atoms with Crippen molar-refractivity contribution in [3.05, 3.63) is 54.4 Å². The number of carbonyl (C=O) groups is 1. The lowest BCUT2D eigenvalue weighted by Crippen LogP contribution is -2.57. The molecule has 0 atom stereocenters. The van der Waals surface area contributed by atoms with Crippen LogP contribution in [0.15, 0.2) is 48.8 Å². The van der Waals surface area contributed by atoms with Gasteiger partial charge in [0.2, 0.25) is 0 Å². The van der Waals surface area contributed by atoms with Gasteiger partial charge in [-0.05, 0) is 56.8 Å². The van der Waals surface area contributed by atoms with Gasteiger partial charge in [-0.3, -0.25) is 9.48 Å². The average Bonchev–Trinajstić information content (AvgIpc) is 3.31. The smallest absolute Gasteiger partial charge is 0.250 e. The third-order valence-electron chi connectivity index (χ3n) is 6.09. The zero-order chi connectivity index (χ0) is 19.2. The number of ether oxygens (including phenoxy) is 1. The highest BCUT2D eigenvalue weighted by Gasteiger charge is 2.45. The van der Waals surface area contributed by atoms with Crippen molar-refractivity contribution < 1.29 is 9.53 Å². The first-order chi connectivity index (χ1) is 13.8. The molecule has 2 aliphatic rings. The van der Waals surface area contributed by atoms with E-state index in [1.807, 2.05) is 27.9 Å². The second-order valence-corrected chi connectivity index (χ2v) is 7.83. The Kier molecular flexibility index (Phi) is 7.70. The van der Waals surface area contributed by atoms with Crippen molar-refractivity contribution in [2.45, 2.75) is 43.7 Å². The zero-order valence-electron chi connectivity index (χ0n) is 16.8. The lowest BCUT2D eigenvalue weighted by molar-refractivity contribution is -0.145. The maximum atomic E-state index is 13.5. The first-order valence-corrected chi connectivity index (χ1v) is 10.4. The fourth-order valence-electron chi connectivity index (χ4n) is 4.41. The fourth-order valence-corrected chi connectivity index (χ4v) is 4.41. The van der Waals surface area contributed by atoms with Crippen LogP contribution >= 0.6 is 12.4 Å². The Bertz CT molecular complexity index is 739. The van der Waals surface area contributed by atoms with Crippen molar-refractivity contribution in [2.24, 2.45) is 0 Å². The molecule has 0 radical (unpaired) electrons. The predicted octanol–water partition coefficient (Wildman–Crippen LogP) is 2.63. The van der Waals surface area contributed by atoms with Crippen LogP contribution in [0.2, 0.25) is 0 Å². The van der Waals surface area contributed by atoms with Crippen molar-refractivity contribution in [2.75, 3.05) is 32.8 Å². The number of carbonyl (C=O) groups excluding carboxylic acids is 1. The number of likely N-dealkylation sites (tertiary alicyclic amines) is 1. The Morgan fingerprint density at radius 1 is 1.14 bits per heavy atom. The molecular formula is C22H31ClN4O2. The largest absolute Gasteiger partial charge is 0.378 e. The van der Waals surface area contributed by atoms with Crippen LogP contribution in [0.25, 0.3) is 0 Å². The summed E-state index contributed by atoms with van der Waals surface area (Å²) in [7, 11) is 0. The molecule has 0 bridgehead atoms. The summed E-state index contributed by atoms with van der Waals surface area (Å²) in [4.78, 5) is 15.5. The Balaban J connectivity index is 0.00000240. The van der Waals surface area contributed by atoms with Gasteiger partial charge >= 0.3 is 0 Å². The second kappa shape index (κ2) is 10.2. The van der Waals surface area contributed by atoms with Crippen LogP contribution in [0.5, 0.6) is 0 Å². The van der Waals surface area contributed by atoms with Gasteiger partial charge in [-0.25, -0.2) is 0 Å². The summed E-state index contributed by atoms with van der Waals surface area (Å²) in [5.74, 6) is 0.223. The monoisotopic (exact) mass is 418 g/mol. The Morgan fingerprint density at radius 3 is 2.52 bits per heavy atom. The maximum Gasteiger partial charge on any atom is 0.250 e. The van der Waals surface area contributed by atoms with Gasteiger partial charge in [0.15, 0.2) is 0 Å². The summed E-state index contributed by atoms with van der Waals surface area (Å²) >= 11 is 0. The number of nitrogens with one attached hydrogen (secondary N) is 1. The van der Waals surface area contributed by atoms with Crippen LogP contribution in [0.4, 0.5) is 0 Å². The molecule has 158 valence electrons. The molecule has 0 saturated carbocycles. The highest BCUT2D eigenvalue weighted by molar-refractivity contribution is 5.85. The third-order valence-corrected chi connectivity index (χ3v) is 6.09. The van der Waals surface area contributed by atoms with E-state index >= 15 is 0 Å². The van der Waals surface area contributed by atoms with Gasteiger partial charge in [0, 0.05) is 25.5 Å². The molecule has 4 rings (SSSR count). The van der Waals surface area contributed by atoms with Crippen LogP contribution in [-0.2, 0) is 21.5 Å². The lowest BCUT2D eigenvalue weighted by Gasteiger charge is -2.42. The van der Waals surface area contributed by atoms with E-state index in [2.05, 4.69) is 34.7 Å². The number of nitrogens with zero attached hydrogens (tertiary/aromatic N) is 3. The highest BCUT2D eigenvalue weighted by atomic mass is 35.5. The number of rotatable bonds is 6. The van der Waals surface area contributed by atoms with Gasteiger partial charge in [-0.1, -0.05) is 30.3 Å². The minimum absolute atomic E-state index is 0. The molecule has 1 N–H and O–H groups in total. The van der Waals surface area contributed by atoms with E-state index in [1.165, 1.54) is 5.56 Å². The molecule has 29 heavy (non-hydrogen) atoms. The van der Waals surface area contributed by atoms with Crippen molar-refractivity contribution in [3.8, 4) is 0 Å². The molecule has 2 aromatic rings. The number of benzene rings is 1. The number of piperidine rings is 2. The van der Waals surface area contributed by atoms with Crippen LogP contribution in [-0.4, -0.2) is 59.5 Å². The minimum atomic E-state index is -0.532. The van der Waals surface area contributed by atoms with Crippen molar-refractivity contribution >= 4 is 18.3 Å². The molecule has 2 fully saturated rings. The Morgan fingerprint density at radius 2 is 1.86 bits per heavy atom. The molecule has 6 nitrogen and oxygen atoms in total. The molecule has 0 aliphatic carbocycles. The van der Waals surface area contributed by atoms with E-state index in [1.54, 1.807) is 6.20 Å². The maximum absolute atomic E-state index is 13.5. The summed E-state index contributed by atoms with van der Waals surface area (Å²) in [6.45, 7) is 3.98. The molecule has 2 aliphatic heterocycles. The average molecular weight is 419 g/mol. The molecule has 1 aromatic heterocycles. The topological polar surface area (TPSA) is 59.4 Å². The number of aromatic nitrogens is 2. The molecule has 0 unspecified atom stereocenters. The van der Waals surface area contributed by atoms with E-state index in [4.69, 9.17) is 4.74 Å². The van der Waals surface area contributed by atoms with E-state index in [0.717, 1.165) is 64.9 Å². The van der Waals surface area contributed by atoms with Crippen LogP contribution in [0.3, 0.4) is 0 Å². The van der Waals surface area contributed by atoms with Crippen molar-refractivity contribution in [3.63, 3.8) is 0 Å². The summed E-state index contributed by atoms with van der Waals surface area (Å²) in [6.07, 6.45) is 8.30. The standard InChI is InChI=1S/C22H30N4O2.ClH/c27-21(22(10-13-23-14-11-22)26-15-4-12-24-26)25-16-7-20(8-17-25)28-18-9-19-5-2-1-3-6-19;/h1-6,12,15,20,23H,7-11,13-14,16-18H2;1H. The van der Waals surface area contributed by atoms with Crippen LogP contribution < -0.4 is 5.32 Å². The second-order valence-electron chi connectivity index (χ2n) is 7.83. The van der Waals surface area contributed by atoms with E-state index in [0.29, 0.717) is 0 Å². The number of hydrogen-bond donors (Lipinski definition) is 1. The number of halogens is 1. The van der Waals surface area contributed by atoms with E-state index in [-0.39, 0.29) is 24.4 Å². The van der Waals surface area contributed by atoms with Gasteiger partial charge in [-0.15, -0.1) is 12.4 Å². The first kappa shape index (κ1) is 21.8. The van der Waals surface area contributed by atoms with Crippen molar-refractivity contribution in [1.82, 2.24) is 20.0 Å². The summed E-state index contributed by atoms with van der Waals surface area (Å²) in [5, 5.41) is 7.80. The first-order valence-electron chi connectivity index (χ1n) is 10.4. The zero-order valence-corrected chi connectivity index (χ0v) is 17.7. The lowest BCUT2D eigenvalue weighted by atomic mass is 9.86. The number of hydrogen-bond acceptors (Lipinski definition) is 4. The van der Waals surface area contributed by atoms with Crippen LogP contribution in [0.1, 0.15) is 31.2 Å².